The number of carbonyl (C=O) groups excluding carboxylic acids is 1. The van der Waals surface area contributed by atoms with E-state index in [0.29, 0.717) is 5.75 Å². The number of aryl methyl sites for hydroxylation is 1. The van der Waals surface area contributed by atoms with Crippen LogP contribution in [0.25, 0.3) is 0 Å². The number of carbonyl (C=O) groups is 2. The molecule has 0 aliphatic rings. The third-order valence-corrected chi connectivity index (χ3v) is 1.82. The Labute approximate surface area is 92.3 Å². The number of rotatable bonds is 4. The van der Waals surface area contributed by atoms with Gasteiger partial charge in [0.15, 0.2) is 5.69 Å². The number of carboxylic acids is 1. The van der Waals surface area contributed by atoms with Gasteiger partial charge in [-0.25, -0.2) is 4.98 Å². The second-order valence-electron chi connectivity index (χ2n) is 3.14. The first-order valence-electron chi connectivity index (χ1n) is 4.55. The molecule has 2 N–H and O–H groups in total. The van der Waals surface area contributed by atoms with E-state index in [1.165, 1.54) is 13.3 Å². The summed E-state index contributed by atoms with van der Waals surface area (Å²) >= 11 is 0. The summed E-state index contributed by atoms with van der Waals surface area (Å²) in [6.07, 6.45) is 1.51. The second kappa shape index (κ2) is 5.11. The van der Waals surface area contributed by atoms with Crippen molar-refractivity contribution in [2.45, 2.75) is 6.92 Å². The molecule has 0 aliphatic heterocycles. The van der Waals surface area contributed by atoms with Crippen molar-refractivity contribution in [2.75, 3.05) is 13.7 Å². The Bertz CT molecular complexity index is 417. The molecule has 86 valence electrons. The lowest BCUT2D eigenvalue weighted by atomic mass is 10.2. The molecule has 1 amide bonds. The third-order valence-electron chi connectivity index (χ3n) is 1.82. The largest absolute Gasteiger partial charge is 0.494 e. The molecular formula is C10H12N2O4. The molecular weight excluding hydrogens is 212 g/mol. The molecule has 16 heavy (non-hydrogen) atoms. The molecule has 1 aromatic rings. The molecule has 6 heteroatoms. The SMILES string of the molecule is COc1cc(C)cnc1C(=O)NCC(=O)O. The first-order valence-corrected chi connectivity index (χ1v) is 4.55. The van der Waals surface area contributed by atoms with Gasteiger partial charge in [-0.05, 0) is 18.6 Å². The van der Waals surface area contributed by atoms with Crippen LogP contribution in [0.1, 0.15) is 16.1 Å². The number of carboxylic acid groups (broad SMARTS) is 1. The molecule has 0 aliphatic carbocycles. The molecule has 1 rings (SSSR count). The molecule has 6 nitrogen and oxygen atoms in total. The monoisotopic (exact) mass is 224 g/mol. The van der Waals surface area contributed by atoms with Crippen molar-refractivity contribution in [1.82, 2.24) is 10.3 Å². The molecule has 0 fully saturated rings. The summed E-state index contributed by atoms with van der Waals surface area (Å²) in [7, 11) is 1.42. The zero-order valence-corrected chi connectivity index (χ0v) is 8.98. The quantitative estimate of drug-likeness (QED) is 0.763. The maximum atomic E-state index is 11.5. The minimum atomic E-state index is -1.11. The van der Waals surface area contributed by atoms with Crippen molar-refractivity contribution in [3.05, 3.63) is 23.5 Å². The zero-order valence-electron chi connectivity index (χ0n) is 8.98. The Balaban J connectivity index is 2.86. The van der Waals surface area contributed by atoms with E-state index in [4.69, 9.17) is 9.84 Å². The van der Waals surface area contributed by atoms with Gasteiger partial charge in [0.05, 0.1) is 7.11 Å². The van der Waals surface area contributed by atoms with Crippen LogP contribution < -0.4 is 10.1 Å². The van der Waals surface area contributed by atoms with Crippen molar-refractivity contribution in [3.63, 3.8) is 0 Å². The minimum Gasteiger partial charge on any atom is -0.494 e. The number of hydrogen-bond donors (Lipinski definition) is 2. The summed E-state index contributed by atoms with van der Waals surface area (Å²) in [4.78, 5) is 25.7. The normalized spacial score (nSPS) is 9.62. The predicted molar refractivity (Wildman–Crippen MR) is 55.5 cm³/mol. The standard InChI is InChI=1S/C10H12N2O4/c1-6-3-7(16-2)9(11-4-6)10(15)12-5-8(13)14/h3-4H,5H2,1-2H3,(H,12,15)(H,13,14). The Hall–Kier alpha value is -2.11. The van der Waals surface area contributed by atoms with Crippen LogP contribution in [0, 0.1) is 6.92 Å². The van der Waals surface area contributed by atoms with Crippen LogP contribution in [0.15, 0.2) is 12.3 Å². The van der Waals surface area contributed by atoms with Crippen molar-refractivity contribution >= 4 is 11.9 Å². The summed E-state index contributed by atoms with van der Waals surface area (Å²) in [5, 5.41) is 10.6. The highest BCUT2D eigenvalue weighted by molar-refractivity contribution is 5.96. The Morgan fingerprint density at radius 3 is 2.81 bits per heavy atom. The smallest absolute Gasteiger partial charge is 0.322 e. The summed E-state index contributed by atoms with van der Waals surface area (Å²) in [5.41, 5.74) is 0.931. The van der Waals surface area contributed by atoms with Gasteiger partial charge in [0, 0.05) is 6.20 Å². The minimum absolute atomic E-state index is 0.0781. The van der Waals surface area contributed by atoms with Crippen LogP contribution in [0.5, 0.6) is 5.75 Å². The molecule has 0 atom stereocenters. The van der Waals surface area contributed by atoms with E-state index in [9.17, 15) is 9.59 Å². The van der Waals surface area contributed by atoms with Gasteiger partial charge in [0.2, 0.25) is 0 Å². The van der Waals surface area contributed by atoms with E-state index in [2.05, 4.69) is 10.3 Å². The average molecular weight is 224 g/mol. The van der Waals surface area contributed by atoms with Gasteiger partial charge >= 0.3 is 5.97 Å². The fourth-order valence-electron chi connectivity index (χ4n) is 1.11. The fourth-order valence-corrected chi connectivity index (χ4v) is 1.11. The number of hydrogen-bond acceptors (Lipinski definition) is 4. The Kier molecular flexibility index (Phi) is 3.82. The lowest BCUT2D eigenvalue weighted by molar-refractivity contribution is -0.135. The van der Waals surface area contributed by atoms with E-state index in [-0.39, 0.29) is 5.69 Å². The molecule has 0 aromatic carbocycles. The number of ether oxygens (including phenoxy) is 1. The van der Waals surface area contributed by atoms with Crippen molar-refractivity contribution in [3.8, 4) is 5.75 Å². The number of methoxy groups -OCH3 is 1. The summed E-state index contributed by atoms with van der Waals surface area (Å²) in [5.74, 6) is -1.36. The van der Waals surface area contributed by atoms with Crippen molar-refractivity contribution in [1.29, 1.82) is 0 Å². The summed E-state index contributed by atoms with van der Waals surface area (Å²) in [6, 6.07) is 1.66. The highest BCUT2D eigenvalue weighted by Crippen LogP contribution is 2.16. The predicted octanol–water partition coefficient (Wildman–Crippen LogP) is 0.213. The third kappa shape index (κ3) is 2.94. The maximum absolute atomic E-state index is 11.5. The number of aliphatic carboxylic acids is 1. The highest BCUT2D eigenvalue weighted by Gasteiger charge is 2.14. The molecule has 0 radical (unpaired) electrons. The Morgan fingerprint density at radius 1 is 1.56 bits per heavy atom. The molecule has 0 bridgehead atoms. The average Bonchev–Trinajstić information content (AvgIpc) is 2.25. The molecule has 1 heterocycles. The van der Waals surface area contributed by atoms with E-state index < -0.39 is 18.4 Å². The van der Waals surface area contributed by atoms with Gasteiger partial charge in [0.25, 0.3) is 5.91 Å². The number of nitrogens with one attached hydrogen (secondary N) is 1. The highest BCUT2D eigenvalue weighted by atomic mass is 16.5. The fraction of sp³-hybridized carbons (Fsp3) is 0.300. The van der Waals surface area contributed by atoms with Crippen LogP contribution in [0.3, 0.4) is 0 Å². The van der Waals surface area contributed by atoms with Crippen LogP contribution >= 0.6 is 0 Å². The van der Waals surface area contributed by atoms with E-state index in [1.807, 2.05) is 6.92 Å². The number of amides is 1. The number of pyridine rings is 1. The lowest BCUT2D eigenvalue weighted by Crippen LogP contribution is -2.30. The lowest BCUT2D eigenvalue weighted by Gasteiger charge is -2.07. The van der Waals surface area contributed by atoms with E-state index in [0.717, 1.165) is 5.56 Å². The Morgan fingerprint density at radius 2 is 2.25 bits per heavy atom. The number of nitrogens with zero attached hydrogens (tertiary/aromatic N) is 1. The van der Waals surface area contributed by atoms with Crippen LogP contribution in [-0.2, 0) is 4.79 Å². The van der Waals surface area contributed by atoms with Crippen molar-refractivity contribution in [2.24, 2.45) is 0 Å². The molecule has 0 spiro atoms. The van der Waals surface area contributed by atoms with Gasteiger partial charge in [-0.2, -0.15) is 0 Å². The maximum Gasteiger partial charge on any atom is 0.322 e. The topological polar surface area (TPSA) is 88.5 Å². The molecule has 0 unspecified atom stereocenters. The van der Waals surface area contributed by atoms with E-state index in [1.54, 1.807) is 6.07 Å². The first-order chi connectivity index (χ1) is 7.54. The zero-order chi connectivity index (χ0) is 12.1. The van der Waals surface area contributed by atoms with Gasteiger partial charge < -0.3 is 15.2 Å². The summed E-state index contributed by atoms with van der Waals surface area (Å²) in [6.45, 7) is 1.37. The molecule has 0 saturated carbocycles. The van der Waals surface area contributed by atoms with Crippen LogP contribution in [-0.4, -0.2) is 35.6 Å². The van der Waals surface area contributed by atoms with E-state index >= 15 is 0 Å². The van der Waals surface area contributed by atoms with Crippen molar-refractivity contribution < 1.29 is 19.4 Å². The van der Waals surface area contributed by atoms with Gasteiger partial charge in [-0.1, -0.05) is 0 Å². The van der Waals surface area contributed by atoms with Crippen LogP contribution in [0.2, 0.25) is 0 Å². The van der Waals surface area contributed by atoms with Crippen LogP contribution in [0.4, 0.5) is 0 Å². The second-order valence-corrected chi connectivity index (χ2v) is 3.14. The van der Waals surface area contributed by atoms with Gasteiger partial charge in [-0.3, -0.25) is 9.59 Å². The first kappa shape index (κ1) is 12.0. The molecule has 1 aromatic heterocycles. The number of aromatic nitrogens is 1. The van der Waals surface area contributed by atoms with Gasteiger partial charge in [-0.15, -0.1) is 0 Å². The summed E-state index contributed by atoms with van der Waals surface area (Å²) < 4.78 is 4.98. The molecule has 0 saturated heterocycles. The van der Waals surface area contributed by atoms with Gasteiger partial charge in [0.1, 0.15) is 12.3 Å².